The summed E-state index contributed by atoms with van der Waals surface area (Å²) in [6, 6.07) is 16.2. The van der Waals surface area contributed by atoms with Crippen molar-refractivity contribution in [3.63, 3.8) is 0 Å². The summed E-state index contributed by atoms with van der Waals surface area (Å²) in [4.78, 5) is 2.41. The molecule has 4 rings (SSSR count). The van der Waals surface area contributed by atoms with Crippen LogP contribution in [0.4, 0.5) is 0 Å². The Morgan fingerprint density at radius 3 is 2.57 bits per heavy atom. The normalized spacial score (nSPS) is 16.6. The Morgan fingerprint density at radius 2 is 1.89 bits per heavy atom. The van der Waals surface area contributed by atoms with E-state index in [1.165, 1.54) is 11.1 Å². The van der Waals surface area contributed by atoms with Gasteiger partial charge in [0.05, 0.1) is 26.8 Å². The van der Waals surface area contributed by atoms with Crippen LogP contribution in [0.25, 0.3) is 0 Å². The van der Waals surface area contributed by atoms with Crippen molar-refractivity contribution in [2.45, 2.75) is 19.0 Å². The Morgan fingerprint density at radius 1 is 1.11 bits per heavy atom. The van der Waals surface area contributed by atoms with Gasteiger partial charge in [-0.25, -0.2) is 0 Å². The fraction of sp³-hybridized carbons (Fsp3) is 0.273. The minimum Gasteiger partial charge on any atom is -0.493 e. The van der Waals surface area contributed by atoms with Crippen molar-refractivity contribution >= 4 is 27.5 Å². The minimum absolute atomic E-state index is 0.0473. The van der Waals surface area contributed by atoms with E-state index >= 15 is 0 Å². The van der Waals surface area contributed by atoms with Crippen molar-refractivity contribution in [2.75, 3.05) is 20.8 Å². The lowest BCUT2D eigenvalue weighted by atomic mass is 9.87. The molecule has 0 spiro atoms. The second-order valence-electron chi connectivity index (χ2n) is 6.79. The van der Waals surface area contributed by atoms with Crippen molar-refractivity contribution in [3.05, 3.63) is 80.7 Å². The lowest BCUT2D eigenvalue weighted by Crippen LogP contribution is -2.35. The molecule has 1 aromatic heterocycles. The molecule has 28 heavy (non-hydrogen) atoms. The number of methoxy groups -OCH3 is 2. The number of ether oxygens (including phenoxy) is 2. The van der Waals surface area contributed by atoms with E-state index in [1.54, 1.807) is 14.2 Å². The summed E-state index contributed by atoms with van der Waals surface area (Å²) < 4.78 is 17.6. The number of rotatable bonds is 5. The number of halogens is 2. The molecule has 2 heterocycles. The molecule has 1 aliphatic rings. The third-order valence-corrected chi connectivity index (χ3v) is 5.79. The molecule has 0 saturated heterocycles. The van der Waals surface area contributed by atoms with Gasteiger partial charge >= 0.3 is 0 Å². The topological polar surface area (TPSA) is 34.8 Å². The zero-order valence-electron chi connectivity index (χ0n) is 15.7. The first-order chi connectivity index (χ1) is 13.6. The first-order valence-electron chi connectivity index (χ1n) is 9.07. The first kappa shape index (κ1) is 19.4. The van der Waals surface area contributed by atoms with Crippen molar-refractivity contribution in [1.29, 1.82) is 0 Å². The van der Waals surface area contributed by atoms with Crippen molar-refractivity contribution in [3.8, 4) is 11.5 Å². The third kappa shape index (κ3) is 3.79. The molecule has 4 nitrogen and oxygen atoms in total. The second-order valence-corrected chi connectivity index (χ2v) is 8.01. The molecule has 2 aromatic carbocycles. The van der Waals surface area contributed by atoms with Gasteiger partial charge < -0.3 is 13.9 Å². The summed E-state index contributed by atoms with van der Waals surface area (Å²) >= 11 is 9.71. The summed E-state index contributed by atoms with van der Waals surface area (Å²) in [5.74, 6) is 2.41. The smallest absolute Gasteiger partial charge is 0.169 e. The van der Waals surface area contributed by atoms with E-state index in [1.807, 2.05) is 30.3 Å². The maximum Gasteiger partial charge on any atom is 0.169 e. The highest BCUT2D eigenvalue weighted by atomic mass is 79.9. The molecule has 146 valence electrons. The van der Waals surface area contributed by atoms with Crippen LogP contribution in [0, 0.1) is 0 Å². The number of hydrogen-bond donors (Lipinski definition) is 0. The fourth-order valence-electron chi connectivity index (χ4n) is 3.87. The van der Waals surface area contributed by atoms with E-state index in [2.05, 4.69) is 39.0 Å². The van der Waals surface area contributed by atoms with Gasteiger partial charge in [-0.1, -0.05) is 23.7 Å². The van der Waals surface area contributed by atoms with Crippen molar-refractivity contribution in [2.24, 2.45) is 0 Å². The van der Waals surface area contributed by atoms with Crippen LogP contribution in [0.1, 0.15) is 28.5 Å². The van der Waals surface area contributed by atoms with Gasteiger partial charge in [0.1, 0.15) is 5.76 Å². The number of furan rings is 1. The molecular formula is C22H21BrClNO3. The zero-order valence-corrected chi connectivity index (χ0v) is 18.1. The molecule has 0 aliphatic carbocycles. The van der Waals surface area contributed by atoms with Gasteiger partial charge in [-0.05, 0) is 75.4 Å². The molecule has 0 amide bonds. The first-order valence-corrected chi connectivity index (χ1v) is 10.2. The van der Waals surface area contributed by atoms with Gasteiger partial charge in [0.25, 0.3) is 0 Å². The Labute approximate surface area is 178 Å². The highest BCUT2D eigenvalue weighted by Gasteiger charge is 2.31. The Hall–Kier alpha value is -1.95. The van der Waals surface area contributed by atoms with Crippen LogP contribution in [-0.2, 0) is 13.0 Å². The predicted octanol–water partition coefficient (Wildman–Crippen LogP) is 5.86. The van der Waals surface area contributed by atoms with Gasteiger partial charge in [0, 0.05) is 11.6 Å². The van der Waals surface area contributed by atoms with Gasteiger partial charge in [0.2, 0.25) is 0 Å². The van der Waals surface area contributed by atoms with Gasteiger partial charge in [-0.3, -0.25) is 4.90 Å². The standard InChI is InChI=1S/C22H21BrClNO3/c1-26-19-11-14-8-9-25(13-17-6-7-21(23)28-17)22(18(14)12-20(19)27-2)15-4-3-5-16(24)10-15/h3-7,10-12,22H,8-9,13H2,1-2H3/t22-/m0/s1. The van der Waals surface area contributed by atoms with E-state index in [0.717, 1.165) is 45.5 Å². The molecule has 1 atom stereocenters. The van der Waals surface area contributed by atoms with Crippen LogP contribution in [0.2, 0.25) is 5.02 Å². The van der Waals surface area contributed by atoms with Crippen LogP contribution >= 0.6 is 27.5 Å². The third-order valence-electron chi connectivity index (χ3n) is 5.13. The average Bonchev–Trinajstić information content (AvgIpc) is 3.11. The molecule has 0 fully saturated rings. The molecule has 0 saturated carbocycles. The molecule has 1 aliphatic heterocycles. The molecule has 6 heteroatoms. The van der Waals surface area contributed by atoms with Crippen LogP contribution in [0.5, 0.6) is 11.5 Å². The largest absolute Gasteiger partial charge is 0.493 e. The van der Waals surface area contributed by atoms with E-state index in [-0.39, 0.29) is 6.04 Å². The minimum atomic E-state index is 0.0473. The SMILES string of the molecule is COc1cc2c(cc1OC)[C@H](c1cccc(Cl)c1)N(Cc1ccc(Br)o1)CC2. The monoisotopic (exact) mass is 461 g/mol. The van der Waals surface area contributed by atoms with Crippen molar-refractivity contribution < 1.29 is 13.9 Å². The maximum atomic E-state index is 6.32. The highest BCUT2D eigenvalue weighted by molar-refractivity contribution is 9.10. The van der Waals surface area contributed by atoms with Gasteiger partial charge in [-0.2, -0.15) is 0 Å². The van der Waals surface area contributed by atoms with E-state index in [0.29, 0.717) is 6.54 Å². The summed E-state index contributed by atoms with van der Waals surface area (Å²) in [6.07, 6.45) is 0.925. The van der Waals surface area contributed by atoms with Crippen LogP contribution in [0.3, 0.4) is 0 Å². The summed E-state index contributed by atoms with van der Waals surface area (Å²) in [6.45, 7) is 1.61. The fourth-order valence-corrected chi connectivity index (χ4v) is 4.41. The maximum absolute atomic E-state index is 6.32. The Balaban J connectivity index is 1.80. The van der Waals surface area contributed by atoms with Crippen LogP contribution < -0.4 is 9.47 Å². The lowest BCUT2D eigenvalue weighted by Gasteiger charge is -2.37. The van der Waals surface area contributed by atoms with Gasteiger partial charge in [-0.15, -0.1) is 0 Å². The molecule has 0 unspecified atom stereocenters. The van der Waals surface area contributed by atoms with Crippen LogP contribution in [0.15, 0.2) is 57.6 Å². The zero-order chi connectivity index (χ0) is 19.7. The van der Waals surface area contributed by atoms with Crippen molar-refractivity contribution in [1.82, 2.24) is 4.90 Å². The Kier molecular flexibility index (Phi) is 5.67. The van der Waals surface area contributed by atoms with Crippen LogP contribution in [-0.4, -0.2) is 25.7 Å². The number of fused-ring (bicyclic) bond motifs is 1. The van der Waals surface area contributed by atoms with E-state index in [9.17, 15) is 0 Å². The average molecular weight is 463 g/mol. The lowest BCUT2D eigenvalue weighted by molar-refractivity contribution is 0.187. The van der Waals surface area contributed by atoms with E-state index in [4.69, 9.17) is 25.5 Å². The second kappa shape index (κ2) is 8.19. The molecule has 0 N–H and O–H groups in total. The summed E-state index contributed by atoms with van der Waals surface area (Å²) in [5, 5.41) is 0.728. The number of hydrogen-bond acceptors (Lipinski definition) is 4. The molecular weight excluding hydrogens is 442 g/mol. The number of benzene rings is 2. The Bertz CT molecular complexity index is 988. The molecule has 0 bridgehead atoms. The number of nitrogens with zero attached hydrogens (tertiary/aromatic N) is 1. The molecule has 0 radical (unpaired) electrons. The van der Waals surface area contributed by atoms with Gasteiger partial charge in [0.15, 0.2) is 16.2 Å². The molecule has 3 aromatic rings. The predicted molar refractivity (Wildman–Crippen MR) is 113 cm³/mol. The summed E-state index contributed by atoms with van der Waals surface area (Å²) in [5.41, 5.74) is 3.61. The van der Waals surface area contributed by atoms with E-state index < -0.39 is 0 Å². The summed E-state index contributed by atoms with van der Waals surface area (Å²) in [7, 11) is 3.34. The quantitative estimate of drug-likeness (QED) is 0.476. The highest BCUT2D eigenvalue weighted by Crippen LogP contribution is 2.42.